The quantitative estimate of drug-likeness (QED) is 0.654. The molecule has 0 fully saturated rings. The molecule has 28 heavy (non-hydrogen) atoms. The molecule has 142 valence electrons. The molecule has 0 aliphatic rings. The summed E-state index contributed by atoms with van der Waals surface area (Å²) in [4.78, 5) is 29.3. The average Bonchev–Trinajstić information content (AvgIpc) is 2.71. The second-order valence-corrected chi connectivity index (χ2v) is 6.86. The van der Waals surface area contributed by atoms with E-state index in [1.165, 1.54) is 0 Å². The molecule has 1 heterocycles. The lowest BCUT2D eigenvalue weighted by Crippen LogP contribution is -2.28. The largest absolute Gasteiger partial charge is 0.344 e. The number of pyridine rings is 1. The van der Waals surface area contributed by atoms with Crippen LogP contribution in [0.1, 0.15) is 45.1 Å². The van der Waals surface area contributed by atoms with Gasteiger partial charge in [0.2, 0.25) is 0 Å². The van der Waals surface area contributed by atoms with Gasteiger partial charge < -0.3 is 10.6 Å². The molecule has 2 N–H and O–H groups in total. The highest BCUT2D eigenvalue weighted by molar-refractivity contribution is 6.31. The van der Waals surface area contributed by atoms with E-state index in [0.717, 1.165) is 11.1 Å². The third-order valence-corrected chi connectivity index (χ3v) is 4.54. The van der Waals surface area contributed by atoms with E-state index in [2.05, 4.69) is 15.6 Å². The Morgan fingerprint density at radius 2 is 1.61 bits per heavy atom. The van der Waals surface area contributed by atoms with Crippen LogP contribution in [-0.4, -0.2) is 16.8 Å². The number of rotatable bonds is 5. The molecule has 2 aromatic carbocycles. The highest BCUT2D eigenvalue weighted by Gasteiger charge is 2.15. The maximum Gasteiger partial charge on any atom is 0.274 e. The van der Waals surface area contributed by atoms with Crippen molar-refractivity contribution in [1.29, 1.82) is 0 Å². The van der Waals surface area contributed by atoms with Crippen LogP contribution in [0.4, 0.5) is 5.69 Å². The van der Waals surface area contributed by atoms with Crippen molar-refractivity contribution in [3.63, 3.8) is 0 Å². The Bertz CT molecular complexity index is 1010. The van der Waals surface area contributed by atoms with Crippen molar-refractivity contribution >= 4 is 29.1 Å². The summed E-state index contributed by atoms with van der Waals surface area (Å²) >= 11 is 5.99. The molecule has 3 rings (SSSR count). The molecule has 5 nitrogen and oxygen atoms in total. The van der Waals surface area contributed by atoms with Crippen LogP contribution in [0.15, 0.2) is 66.7 Å². The lowest BCUT2D eigenvalue weighted by atomic mass is 10.1. The first kappa shape index (κ1) is 19.6. The van der Waals surface area contributed by atoms with Gasteiger partial charge in [-0.1, -0.05) is 54.1 Å². The van der Waals surface area contributed by atoms with Crippen molar-refractivity contribution in [3.8, 4) is 0 Å². The number of nitrogens with one attached hydrogen (secondary N) is 2. The van der Waals surface area contributed by atoms with Crippen molar-refractivity contribution in [2.75, 3.05) is 5.32 Å². The predicted octanol–water partition coefficient (Wildman–Crippen LogP) is 4.79. The van der Waals surface area contributed by atoms with E-state index in [-0.39, 0.29) is 23.3 Å². The molecule has 0 radical (unpaired) electrons. The van der Waals surface area contributed by atoms with Crippen LogP contribution < -0.4 is 10.6 Å². The minimum atomic E-state index is -0.406. The average molecular weight is 394 g/mol. The Morgan fingerprint density at radius 1 is 0.929 bits per heavy atom. The molecule has 0 aliphatic heterocycles. The number of anilines is 1. The van der Waals surface area contributed by atoms with Crippen molar-refractivity contribution < 1.29 is 9.59 Å². The molecule has 0 bridgehead atoms. The molecular formula is C22H20ClN3O2. The summed E-state index contributed by atoms with van der Waals surface area (Å²) in [5.74, 6) is -0.749. The van der Waals surface area contributed by atoms with E-state index < -0.39 is 5.91 Å². The SMILES string of the molecule is Cc1ccc(Cl)cc1NC(=O)c1cccc(C(=O)NC(C)c2ccccc2)n1. The summed E-state index contributed by atoms with van der Waals surface area (Å²) in [6, 6.07) is 19.5. The molecule has 2 amide bonds. The highest BCUT2D eigenvalue weighted by Crippen LogP contribution is 2.20. The van der Waals surface area contributed by atoms with E-state index in [0.29, 0.717) is 10.7 Å². The number of hydrogen-bond donors (Lipinski definition) is 2. The zero-order valence-electron chi connectivity index (χ0n) is 15.6. The molecule has 1 atom stereocenters. The first-order valence-corrected chi connectivity index (χ1v) is 9.22. The second kappa shape index (κ2) is 8.67. The lowest BCUT2D eigenvalue weighted by molar-refractivity contribution is 0.0934. The number of halogens is 1. The van der Waals surface area contributed by atoms with Gasteiger partial charge in [0.15, 0.2) is 0 Å². The summed E-state index contributed by atoms with van der Waals surface area (Å²) in [5.41, 5.74) is 2.80. The van der Waals surface area contributed by atoms with Gasteiger partial charge in [0.1, 0.15) is 11.4 Å². The maximum absolute atomic E-state index is 12.5. The molecule has 1 unspecified atom stereocenters. The summed E-state index contributed by atoms with van der Waals surface area (Å²) in [7, 11) is 0. The number of aryl methyl sites for hydroxylation is 1. The summed E-state index contributed by atoms with van der Waals surface area (Å²) < 4.78 is 0. The van der Waals surface area contributed by atoms with Gasteiger partial charge in [-0.25, -0.2) is 4.98 Å². The topological polar surface area (TPSA) is 71.1 Å². The lowest BCUT2D eigenvalue weighted by Gasteiger charge is -2.14. The van der Waals surface area contributed by atoms with Crippen molar-refractivity contribution in [2.45, 2.75) is 19.9 Å². The number of amides is 2. The van der Waals surface area contributed by atoms with Crippen molar-refractivity contribution in [1.82, 2.24) is 10.3 Å². The zero-order valence-corrected chi connectivity index (χ0v) is 16.3. The van der Waals surface area contributed by atoms with Crippen LogP contribution in [0, 0.1) is 6.92 Å². The molecule has 0 saturated heterocycles. The monoisotopic (exact) mass is 393 g/mol. The molecule has 3 aromatic rings. The standard InChI is InChI=1S/C22H20ClN3O2/c1-14-11-12-17(23)13-20(14)26-22(28)19-10-6-9-18(25-19)21(27)24-15(2)16-7-4-3-5-8-16/h3-13,15H,1-2H3,(H,24,27)(H,26,28). The van der Waals surface area contributed by atoms with Crippen LogP contribution in [0.2, 0.25) is 5.02 Å². The third-order valence-electron chi connectivity index (χ3n) is 4.31. The van der Waals surface area contributed by atoms with Gasteiger partial charge in [-0.05, 0) is 49.2 Å². The molecule has 1 aromatic heterocycles. The molecular weight excluding hydrogens is 374 g/mol. The normalized spacial score (nSPS) is 11.5. The van der Waals surface area contributed by atoms with Crippen LogP contribution >= 0.6 is 11.6 Å². The van der Waals surface area contributed by atoms with E-state index in [1.54, 1.807) is 30.3 Å². The van der Waals surface area contributed by atoms with Gasteiger partial charge in [-0.2, -0.15) is 0 Å². The molecule has 6 heteroatoms. The summed E-state index contributed by atoms with van der Waals surface area (Å²) in [6.07, 6.45) is 0. The first-order chi connectivity index (χ1) is 13.4. The van der Waals surface area contributed by atoms with Gasteiger partial charge in [0, 0.05) is 10.7 Å². The highest BCUT2D eigenvalue weighted by atomic mass is 35.5. The van der Waals surface area contributed by atoms with Crippen molar-refractivity contribution in [2.24, 2.45) is 0 Å². The molecule has 0 spiro atoms. The minimum absolute atomic E-state index is 0.152. The summed E-state index contributed by atoms with van der Waals surface area (Å²) in [5, 5.41) is 6.20. The smallest absolute Gasteiger partial charge is 0.274 e. The molecule has 0 saturated carbocycles. The number of aromatic nitrogens is 1. The number of nitrogens with zero attached hydrogens (tertiary/aromatic N) is 1. The van der Waals surface area contributed by atoms with Gasteiger partial charge in [0.25, 0.3) is 11.8 Å². The zero-order chi connectivity index (χ0) is 20.1. The van der Waals surface area contributed by atoms with Gasteiger partial charge in [0.05, 0.1) is 6.04 Å². The Kier molecular flexibility index (Phi) is 6.06. The van der Waals surface area contributed by atoms with Crippen LogP contribution in [0.5, 0.6) is 0 Å². The second-order valence-electron chi connectivity index (χ2n) is 6.43. The number of carbonyl (C=O) groups is 2. The Morgan fingerprint density at radius 3 is 2.32 bits per heavy atom. The predicted molar refractivity (Wildman–Crippen MR) is 111 cm³/mol. The number of hydrogen-bond acceptors (Lipinski definition) is 3. The number of benzene rings is 2. The maximum atomic E-state index is 12.5. The van der Waals surface area contributed by atoms with Gasteiger partial charge >= 0.3 is 0 Å². The van der Waals surface area contributed by atoms with E-state index in [4.69, 9.17) is 11.6 Å². The first-order valence-electron chi connectivity index (χ1n) is 8.84. The fourth-order valence-electron chi connectivity index (χ4n) is 2.70. The fraction of sp³-hybridized carbons (Fsp3) is 0.136. The third kappa shape index (κ3) is 4.75. The Labute approximate surface area is 168 Å². The minimum Gasteiger partial charge on any atom is -0.344 e. The van der Waals surface area contributed by atoms with E-state index in [9.17, 15) is 9.59 Å². The summed E-state index contributed by atoms with van der Waals surface area (Å²) in [6.45, 7) is 3.76. The van der Waals surface area contributed by atoms with E-state index in [1.807, 2.05) is 50.2 Å². The van der Waals surface area contributed by atoms with Gasteiger partial charge in [-0.15, -0.1) is 0 Å². The Balaban J connectivity index is 1.73. The van der Waals surface area contributed by atoms with Crippen LogP contribution in [0.25, 0.3) is 0 Å². The Hall–Kier alpha value is -3.18. The van der Waals surface area contributed by atoms with Crippen molar-refractivity contribution in [3.05, 3.63) is 94.3 Å². The van der Waals surface area contributed by atoms with Crippen LogP contribution in [0.3, 0.4) is 0 Å². The number of carbonyl (C=O) groups excluding carboxylic acids is 2. The fourth-order valence-corrected chi connectivity index (χ4v) is 2.87. The van der Waals surface area contributed by atoms with Gasteiger partial charge in [-0.3, -0.25) is 9.59 Å². The van der Waals surface area contributed by atoms with E-state index >= 15 is 0 Å². The van der Waals surface area contributed by atoms with Crippen LogP contribution in [-0.2, 0) is 0 Å². The molecule has 0 aliphatic carbocycles.